The molecule has 2 atom stereocenters. The number of nitrogens with one attached hydrogen (secondary N) is 1. The minimum Gasteiger partial charge on any atom is -0.339 e. The van der Waals surface area contributed by atoms with Crippen molar-refractivity contribution in [2.24, 2.45) is 0 Å². The predicted molar refractivity (Wildman–Crippen MR) is 82.1 cm³/mol. The summed E-state index contributed by atoms with van der Waals surface area (Å²) >= 11 is 0. The van der Waals surface area contributed by atoms with E-state index >= 15 is 0 Å². The highest BCUT2D eigenvalue weighted by molar-refractivity contribution is 7.91. The molecule has 2 unspecified atom stereocenters. The Labute approximate surface area is 125 Å². The van der Waals surface area contributed by atoms with Gasteiger partial charge in [0.05, 0.1) is 11.5 Å². The van der Waals surface area contributed by atoms with Crippen LogP contribution in [0.5, 0.6) is 0 Å². The van der Waals surface area contributed by atoms with E-state index in [-0.39, 0.29) is 11.8 Å². The zero-order valence-electron chi connectivity index (χ0n) is 12.1. The second kappa shape index (κ2) is 6.27. The maximum absolute atomic E-state index is 11.7. The monoisotopic (exact) mass is 310 g/mol. The SMILES string of the molecule is O=S1(=O)CCCC(NC2CCCN(c3ncccn3)C2)C1. The van der Waals surface area contributed by atoms with Crippen molar-refractivity contribution in [3.8, 4) is 0 Å². The van der Waals surface area contributed by atoms with E-state index < -0.39 is 9.84 Å². The standard InChI is InChI=1S/C14H22N4O2S/c19-21(20)9-2-5-13(11-21)17-12-4-1-8-18(10-12)14-15-6-3-7-16-14/h3,6-7,12-13,17H,1-2,4-5,8-11H2. The molecule has 1 N–H and O–H groups in total. The van der Waals surface area contributed by atoms with Gasteiger partial charge in [-0.25, -0.2) is 18.4 Å². The molecule has 0 bridgehead atoms. The molecule has 2 aliphatic heterocycles. The van der Waals surface area contributed by atoms with Gasteiger partial charge in [0.25, 0.3) is 0 Å². The van der Waals surface area contributed by atoms with Crippen LogP contribution in [0.15, 0.2) is 18.5 Å². The Morgan fingerprint density at radius 2 is 1.90 bits per heavy atom. The summed E-state index contributed by atoms with van der Waals surface area (Å²) in [6, 6.07) is 2.24. The van der Waals surface area contributed by atoms with Crippen molar-refractivity contribution >= 4 is 15.8 Å². The molecule has 2 fully saturated rings. The third kappa shape index (κ3) is 3.91. The number of aromatic nitrogens is 2. The van der Waals surface area contributed by atoms with E-state index in [0.717, 1.165) is 44.7 Å². The quantitative estimate of drug-likeness (QED) is 0.882. The zero-order chi connectivity index (χ0) is 14.7. The van der Waals surface area contributed by atoms with E-state index in [4.69, 9.17) is 0 Å². The average molecular weight is 310 g/mol. The van der Waals surface area contributed by atoms with Crippen molar-refractivity contribution in [3.63, 3.8) is 0 Å². The third-order valence-electron chi connectivity index (χ3n) is 4.19. The second-order valence-electron chi connectivity index (χ2n) is 5.95. The molecule has 0 amide bonds. The van der Waals surface area contributed by atoms with Gasteiger partial charge in [-0.15, -0.1) is 0 Å². The Morgan fingerprint density at radius 3 is 2.67 bits per heavy atom. The van der Waals surface area contributed by atoms with Gasteiger partial charge in [0.2, 0.25) is 5.95 Å². The van der Waals surface area contributed by atoms with Crippen molar-refractivity contribution in [3.05, 3.63) is 18.5 Å². The molecule has 0 aliphatic carbocycles. The second-order valence-corrected chi connectivity index (χ2v) is 8.18. The van der Waals surface area contributed by atoms with Gasteiger partial charge in [0.15, 0.2) is 9.84 Å². The van der Waals surface area contributed by atoms with Crippen LogP contribution in [0.3, 0.4) is 0 Å². The first-order valence-corrected chi connectivity index (χ1v) is 9.43. The van der Waals surface area contributed by atoms with Crippen LogP contribution in [0, 0.1) is 0 Å². The van der Waals surface area contributed by atoms with Gasteiger partial charge in [0, 0.05) is 37.6 Å². The lowest BCUT2D eigenvalue weighted by Gasteiger charge is -2.36. The first-order chi connectivity index (χ1) is 10.1. The van der Waals surface area contributed by atoms with Crippen molar-refractivity contribution in [1.82, 2.24) is 15.3 Å². The predicted octanol–water partition coefficient (Wildman–Crippen LogP) is 0.612. The first-order valence-electron chi connectivity index (χ1n) is 7.61. The molecule has 6 nitrogen and oxygen atoms in total. The van der Waals surface area contributed by atoms with E-state index in [1.807, 2.05) is 6.07 Å². The molecule has 0 saturated carbocycles. The van der Waals surface area contributed by atoms with E-state index in [9.17, 15) is 8.42 Å². The largest absolute Gasteiger partial charge is 0.339 e. The van der Waals surface area contributed by atoms with Gasteiger partial charge in [-0.3, -0.25) is 0 Å². The highest BCUT2D eigenvalue weighted by atomic mass is 32.2. The Bertz CT molecular complexity index is 564. The van der Waals surface area contributed by atoms with E-state index in [2.05, 4.69) is 20.2 Å². The number of piperidine rings is 1. The molecule has 21 heavy (non-hydrogen) atoms. The highest BCUT2D eigenvalue weighted by Crippen LogP contribution is 2.18. The van der Waals surface area contributed by atoms with Crippen LogP contribution in [-0.4, -0.2) is 55.1 Å². The summed E-state index contributed by atoms with van der Waals surface area (Å²) < 4.78 is 23.4. The van der Waals surface area contributed by atoms with E-state index in [1.54, 1.807) is 12.4 Å². The van der Waals surface area contributed by atoms with Crippen LogP contribution >= 0.6 is 0 Å². The molecule has 0 spiro atoms. The molecule has 2 aliphatic rings. The van der Waals surface area contributed by atoms with Crippen LogP contribution in [-0.2, 0) is 9.84 Å². The van der Waals surface area contributed by atoms with Gasteiger partial charge in [-0.1, -0.05) is 0 Å². The Kier molecular flexibility index (Phi) is 4.40. The van der Waals surface area contributed by atoms with Crippen LogP contribution in [0.1, 0.15) is 25.7 Å². The van der Waals surface area contributed by atoms with Gasteiger partial charge in [-0.05, 0) is 31.7 Å². The van der Waals surface area contributed by atoms with Gasteiger partial charge >= 0.3 is 0 Å². The lowest BCUT2D eigenvalue weighted by atomic mass is 10.0. The number of anilines is 1. The molecule has 1 aromatic heterocycles. The molecular weight excluding hydrogens is 288 g/mol. The minimum atomic E-state index is -2.85. The molecule has 3 heterocycles. The highest BCUT2D eigenvalue weighted by Gasteiger charge is 2.28. The summed E-state index contributed by atoms with van der Waals surface area (Å²) in [5, 5.41) is 3.54. The average Bonchev–Trinajstić information content (AvgIpc) is 2.47. The van der Waals surface area contributed by atoms with E-state index in [1.165, 1.54) is 0 Å². The van der Waals surface area contributed by atoms with Gasteiger partial charge in [0.1, 0.15) is 0 Å². The first kappa shape index (κ1) is 14.7. The third-order valence-corrected chi connectivity index (χ3v) is 6.01. The van der Waals surface area contributed by atoms with Crippen molar-refractivity contribution < 1.29 is 8.42 Å². The fourth-order valence-electron chi connectivity index (χ4n) is 3.24. The molecule has 116 valence electrons. The number of sulfone groups is 1. The fraction of sp³-hybridized carbons (Fsp3) is 0.714. The smallest absolute Gasteiger partial charge is 0.225 e. The van der Waals surface area contributed by atoms with Gasteiger partial charge < -0.3 is 10.2 Å². The number of nitrogens with zero attached hydrogens (tertiary/aromatic N) is 3. The van der Waals surface area contributed by atoms with Crippen molar-refractivity contribution in [1.29, 1.82) is 0 Å². The summed E-state index contributed by atoms with van der Waals surface area (Å²) in [7, 11) is -2.85. The molecule has 2 saturated heterocycles. The minimum absolute atomic E-state index is 0.102. The molecule has 3 rings (SSSR count). The number of hydrogen-bond donors (Lipinski definition) is 1. The van der Waals surface area contributed by atoms with Crippen molar-refractivity contribution in [2.75, 3.05) is 29.5 Å². The summed E-state index contributed by atoms with van der Waals surface area (Å²) in [4.78, 5) is 10.8. The van der Waals surface area contributed by atoms with Crippen LogP contribution in [0.2, 0.25) is 0 Å². The molecule has 0 aromatic carbocycles. The lowest BCUT2D eigenvalue weighted by Crippen LogP contribution is -2.52. The summed E-state index contributed by atoms with van der Waals surface area (Å²) in [5.74, 6) is 1.39. The summed E-state index contributed by atoms with van der Waals surface area (Å²) in [6.45, 7) is 1.81. The molecule has 0 radical (unpaired) electrons. The van der Waals surface area contributed by atoms with Crippen LogP contribution < -0.4 is 10.2 Å². The number of hydrogen-bond acceptors (Lipinski definition) is 6. The summed E-state index contributed by atoms with van der Waals surface area (Å²) in [5.41, 5.74) is 0. The Morgan fingerprint density at radius 1 is 1.14 bits per heavy atom. The maximum atomic E-state index is 11.7. The molecule has 1 aromatic rings. The normalized spacial score (nSPS) is 29.2. The van der Waals surface area contributed by atoms with E-state index in [0.29, 0.717) is 11.8 Å². The van der Waals surface area contributed by atoms with Crippen LogP contribution in [0.4, 0.5) is 5.95 Å². The lowest BCUT2D eigenvalue weighted by molar-refractivity contribution is 0.365. The number of rotatable bonds is 3. The van der Waals surface area contributed by atoms with Crippen LogP contribution in [0.25, 0.3) is 0 Å². The maximum Gasteiger partial charge on any atom is 0.225 e. The Hall–Kier alpha value is -1.21. The van der Waals surface area contributed by atoms with Gasteiger partial charge in [-0.2, -0.15) is 0 Å². The molecular formula is C14H22N4O2S. The Balaban J connectivity index is 1.59. The fourth-order valence-corrected chi connectivity index (χ4v) is 4.89. The summed E-state index contributed by atoms with van der Waals surface area (Å²) in [6.07, 6.45) is 7.41. The zero-order valence-corrected chi connectivity index (χ0v) is 12.9. The van der Waals surface area contributed by atoms with Crippen molar-refractivity contribution in [2.45, 2.75) is 37.8 Å². The molecule has 7 heteroatoms. The topological polar surface area (TPSA) is 75.2 Å².